The molecule has 306 valence electrons. The van der Waals surface area contributed by atoms with E-state index in [2.05, 4.69) is 254 Å². The summed E-state index contributed by atoms with van der Waals surface area (Å²) in [7, 11) is 0. The number of hydrogen-bond acceptors (Lipinski definition) is 2. The lowest BCUT2D eigenvalue weighted by Crippen LogP contribution is -2.18. The highest BCUT2D eigenvalue weighted by Crippen LogP contribution is 2.55. The van der Waals surface area contributed by atoms with E-state index in [1.165, 1.54) is 98.3 Å². The molecule has 0 fully saturated rings. The highest BCUT2D eigenvalue weighted by molar-refractivity contribution is 6.17. The van der Waals surface area contributed by atoms with Gasteiger partial charge in [-0.15, -0.1) is 0 Å². The summed E-state index contributed by atoms with van der Waals surface area (Å²) in [5.41, 5.74) is 11.9. The van der Waals surface area contributed by atoms with Crippen LogP contribution in [0.15, 0.2) is 231 Å². The van der Waals surface area contributed by atoms with Crippen LogP contribution in [0, 0.1) is 0 Å². The van der Waals surface area contributed by atoms with Gasteiger partial charge in [0.15, 0.2) is 0 Å². The molecule has 13 rings (SSSR count). The summed E-state index contributed by atoms with van der Waals surface area (Å²) in [6.07, 6.45) is 0. The largest absolute Gasteiger partial charge is 0.309 e. The van der Waals surface area contributed by atoms with E-state index in [1.54, 1.807) is 0 Å². The molecule has 0 saturated carbocycles. The van der Waals surface area contributed by atoms with Crippen molar-refractivity contribution in [1.82, 2.24) is 0 Å². The maximum atomic E-state index is 2.53. The van der Waals surface area contributed by atoms with E-state index >= 15 is 0 Å². The van der Waals surface area contributed by atoms with Crippen molar-refractivity contribution in [2.75, 3.05) is 9.80 Å². The SMILES string of the molecule is CC1(C)c2cc(N(c3cccc4ccccc34)c3c4ccccc4cc4ccccc34)ccc2-c2ccc(N(c3cccc4ccccc34)c3c4ccccc4cc4ccccc34)cc21. The molecule has 1 aliphatic carbocycles. The van der Waals surface area contributed by atoms with E-state index in [4.69, 9.17) is 0 Å². The number of fused-ring (bicyclic) bond motifs is 9. The van der Waals surface area contributed by atoms with Gasteiger partial charge in [0.05, 0.1) is 22.7 Å². The maximum Gasteiger partial charge on any atom is 0.0618 e. The Morgan fingerprint density at radius 1 is 0.277 bits per heavy atom. The number of anilines is 6. The molecule has 0 bridgehead atoms. The summed E-state index contributed by atoms with van der Waals surface area (Å²) >= 11 is 0. The third-order valence-electron chi connectivity index (χ3n) is 14.1. The first-order valence-electron chi connectivity index (χ1n) is 22.7. The van der Waals surface area contributed by atoms with Crippen molar-refractivity contribution < 1.29 is 0 Å². The minimum Gasteiger partial charge on any atom is -0.309 e. The molecule has 2 heteroatoms. The second-order valence-corrected chi connectivity index (χ2v) is 18.1. The summed E-state index contributed by atoms with van der Waals surface area (Å²) in [6.45, 7) is 4.83. The minimum atomic E-state index is -0.312. The second-order valence-electron chi connectivity index (χ2n) is 18.1. The molecule has 0 heterocycles. The van der Waals surface area contributed by atoms with E-state index < -0.39 is 0 Å². The van der Waals surface area contributed by atoms with Crippen molar-refractivity contribution in [3.8, 4) is 11.1 Å². The Morgan fingerprint density at radius 3 is 0.954 bits per heavy atom. The van der Waals surface area contributed by atoms with Crippen molar-refractivity contribution in [1.29, 1.82) is 0 Å². The summed E-state index contributed by atoms with van der Waals surface area (Å²) in [4.78, 5) is 5.07. The van der Waals surface area contributed by atoms with Gasteiger partial charge in [-0.2, -0.15) is 0 Å². The van der Waals surface area contributed by atoms with Gasteiger partial charge in [0, 0.05) is 49.1 Å². The molecule has 0 unspecified atom stereocenters. The molecule has 0 spiro atoms. The average Bonchev–Trinajstić information content (AvgIpc) is 3.58. The third kappa shape index (κ3) is 5.74. The van der Waals surface area contributed by atoms with Crippen LogP contribution in [0.4, 0.5) is 34.1 Å². The zero-order valence-electron chi connectivity index (χ0n) is 36.3. The van der Waals surface area contributed by atoms with Crippen LogP contribution in [0.25, 0.3) is 75.8 Å². The lowest BCUT2D eigenvalue weighted by molar-refractivity contribution is 0.660. The number of rotatable bonds is 6. The number of benzene rings is 12. The van der Waals surface area contributed by atoms with Gasteiger partial charge in [-0.05, 0) is 103 Å². The topological polar surface area (TPSA) is 6.48 Å². The van der Waals surface area contributed by atoms with E-state index in [0.29, 0.717) is 0 Å². The summed E-state index contributed by atoms with van der Waals surface area (Å²) in [6, 6.07) is 85.5. The normalized spacial score (nSPS) is 12.9. The van der Waals surface area contributed by atoms with Crippen LogP contribution in [-0.2, 0) is 5.41 Å². The molecule has 0 aliphatic heterocycles. The predicted octanol–water partition coefficient (Wildman–Crippen LogP) is 17.9. The van der Waals surface area contributed by atoms with E-state index in [9.17, 15) is 0 Å². The molecular weight excluding hydrogens is 785 g/mol. The molecule has 0 saturated heterocycles. The Labute approximate surface area is 378 Å². The number of hydrogen-bond donors (Lipinski definition) is 0. The van der Waals surface area contributed by atoms with Crippen molar-refractivity contribution in [2.24, 2.45) is 0 Å². The smallest absolute Gasteiger partial charge is 0.0618 e. The van der Waals surface area contributed by atoms with Gasteiger partial charge in [-0.3, -0.25) is 0 Å². The molecule has 0 amide bonds. The van der Waals surface area contributed by atoms with Crippen molar-refractivity contribution in [3.05, 3.63) is 242 Å². The van der Waals surface area contributed by atoms with Crippen molar-refractivity contribution in [3.63, 3.8) is 0 Å². The first-order chi connectivity index (χ1) is 32.0. The molecule has 1 aliphatic rings. The van der Waals surface area contributed by atoms with Gasteiger partial charge >= 0.3 is 0 Å². The monoisotopic (exact) mass is 828 g/mol. The van der Waals surface area contributed by atoms with Crippen molar-refractivity contribution in [2.45, 2.75) is 19.3 Å². The van der Waals surface area contributed by atoms with E-state index in [-0.39, 0.29) is 5.41 Å². The van der Waals surface area contributed by atoms with Crippen LogP contribution in [0.3, 0.4) is 0 Å². The van der Waals surface area contributed by atoms with Gasteiger partial charge in [-0.1, -0.05) is 196 Å². The van der Waals surface area contributed by atoms with Gasteiger partial charge in [0.25, 0.3) is 0 Å². The fourth-order valence-electron chi connectivity index (χ4n) is 11.0. The lowest BCUT2D eigenvalue weighted by atomic mass is 9.82. The Morgan fingerprint density at radius 2 is 0.585 bits per heavy atom. The molecule has 12 aromatic rings. The van der Waals surface area contributed by atoms with Gasteiger partial charge in [0.2, 0.25) is 0 Å². The standard InChI is InChI=1S/C63H44N2/c1-63(2)57-39-47(64(59-31-15-23-41-17-3-9-25-49(41)59)61-51-27-11-5-19-43(51)37-44-20-6-12-28-52(44)61)33-35-55(57)56-36-34-48(40-58(56)63)65(60-32-16-24-42-18-4-10-26-50(42)60)62-53-29-13-7-21-45(53)38-46-22-8-14-30-54(46)62/h3-40H,1-2H3. The highest BCUT2D eigenvalue weighted by atomic mass is 15.2. The van der Waals surface area contributed by atoms with Crippen LogP contribution in [0.1, 0.15) is 25.0 Å². The van der Waals surface area contributed by atoms with Gasteiger partial charge in [0.1, 0.15) is 0 Å². The minimum absolute atomic E-state index is 0.312. The molecular formula is C63H44N2. The predicted molar refractivity (Wildman–Crippen MR) is 278 cm³/mol. The van der Waals surface area contributed by atoms with Gasteiger partial charge < -0.3 is 9.80 Å². The van der Waals surface area contributed by atoms with Crippen LogP contribution >= 0.6 is 0 Å². The summed E-state index contributed by atoms with van der Waals surface area (Å²) in [5.74, 6) is 0. The molecule has 0 aromatic heterocycles. The molecule has 0 atom stereocenters. The molecule has 0 radical (unpaired) electrons. The Balaban J connectivity index is 1.04. The van der Waals surface area contributed by atoms with E-state index in [1.807, 2.05) is 0 Å². The first-order valence-corrected chi connectivity index (χ1v) is 22.7. The van der Waals surface area contributed by atoms with Crippen LogP contribution in [-0.4, -0.2) is 0 Å². The molecule has 0 N–H and O–H groups in total. The second kappa shape index (κ2) is 14.4. The fourth-order valence-corrected chi connectivity index (χ4v) is 11.0. The van der Waals surface area contributed by atoms with E-state index in [0.717, 1.165) is 22.7 Å². The van der Waals surface area contributed by atoms with Crippen molar-refractivity contribution >= 4 is 98.8 Å². The summed E-state index contributed by atoms with van der Waals surface area (Å²) in [5, 5.41) is 14.7. The molecule has 12 aromatic carbocycles. The third-order valence-corrected chi connectivity index (χ3v) is 14.1. The van der Waals surface area contributed by atoms with Crippen LogP contribution in [0.5, 0.6) is 0 Å². The lowest BCUT2D eigenvalue weighted by Gasteiger charge is -2.32. The van der Waals surface area contributed by atoms with Crippen LogP contribution < -0.4 is 9.80 Å². The summed E-state index contributed by atoms with van der Waals surface area (Å²) < 4.78 is 0. The zero-order chi connectivity index (χ0) is 43.2. The van der Waals surface area contributed by atoms with Gasteiger partial charge in [-0.25, -0.2) is 0 Å². The average molecular weight is 829 g/mol. The fraction of sp³-hybridized carbons (Fsp3) is 0.0476. The quantitative estimate of drug-likeness (QED) is 0.154. The zero-order valence-corrected chi connectivity index (χ0v) is 36.3. The molecule has 2 nitrogen and oxygen atoms in total. The highest BCUT2D eigenvalue weighted by Gasteiger charge is 2.37. The van der Waals surface area contributed by atoms with Crippen LogP contribution in [0.2, 0.25) is 0 Å². The first kappa shape index (κ1) is 37.4. The maximum absolute atomic E-state index is 2.53. The Hall–Kier alpha value is -8.20. The Bertz CT molecular complexity index is 3520. The molecule has 65 heavy (non-hydrogen) atoms. The Kier molecular flexibility index (Phi) is 8.29. The number of nitrogens with zero attached hydrogens (tertiary/aromatic N) is 2.